The van der Waals surface area contributed by atoms with Crippen LogP contribution in [0.3, 0.4) is 0 Å². The number of nitrogen functional groups attached to an aromatic ring is 1. The molecule has 0 spiro atoms. The van der Waals surface area contributed by atoms with Crippen molar-refractivity contribution in [1.82, 2.24) is 10.1 Å². The Hall–Kier alpha value is -1.88. The van der Waals surface area contributed by atoms with E-state index >= 15 is 0 Å². The number of ether oxygens (including phenoxy) is 1. The Kier molecular flexibility index (Phi) is 2.98. The molecule has 0 aliphatic carbocycles. The van der Waals surface area contributed by atoms with E-state index in [1.165, 1.54) is 0 Å². The standard InChI is InChI=1S/C13H15N3O2/c14-11-6-2-1-5-10(11)13-15-12(16-18-13)8-9-4-3-7-17-9/h1-2,5-6,9H,3-4,7-8,14H2. The first-order valence-corrected chi connectivity index (χ1v) is 6.12. The molecule has 1 atom stereocenters. The highest BCUT2D eigenvalue weighted by Gasteiger charge is 2.19. The summed E-state index contributed by atoms with van der Waals surface area (Å²) in [6, 6.07) is 7.47. The van der Waals surface area contributed by atoms with Crippen molar-refractivity contribution in [2.75, 3.05) is 12.3 Å². The van der Waals surface area contributed by atoms with Gasteiger partial charge in [0.15, 0.2) is 5.82 Å². The highest BCUT2D eigenvalue weighted by Crippen LogP contribution is 2.24. The zero-order valence-corrected chi connectivity index (χ0v) is 10.0. The molecule has 0 amide bonds. The highest BCUT2D eigenvalue weighted by atomic mass is 16.5. The summed E-state index contributed by atoms with van der Waals surface area (Å²) in [6.07, 6.45) is 3.11. The summed E-state index contributed by atoms with van der Waals surface area (Å²) < 4.78 is 10.8. The Morgan fingerprint density at radius 2 is 2.22 bits per heavy atom. The Morgan fingerprint density at radius 3 is 3.00 bits per heavy atom. The lowest BCUT2D eigenvalue weighted by Crippen LogP contribution is -2.09. The fourth-order valence-electron chi connectivity index (χ4n) is 2.15. The number of nitrogens with two attached hydrogens (primary N) is 1. The zero-order chi connectivity index (χ0) is 12.4. The van der Waals surface area contributed by atoms with Crippen LogP contribution in [0.4, 0.5) is 5.69 Å². The largest absolute Gasteiger partial charge is 0.398 e. The number of rotatable bonds is 3. The van der Waals surface area contributed by atoms with Gasteiger partial charge in [-0.05, 0) is 25.0 Å². The van der Waals surface area contributed by atoms with Gasteiger partial charge in [-0.3, -0.25) is 0 Å². The van der Waals surface area contributed by atoms with Crippen molar-refractivity contribution in [1.29, 1.82) is 0 Å². The maximum absolute atomic E-state index is 5.87. The van der Waals surface area contributed by atoms with Gasteiger partial charge in [0.25, 0.3) is 5.89 Å². The van der Waals surface area contributed by atoms with Crippen molar-refractivity contribution in [3.8, 4) is 11.5 Å². The van der Waals surface area contributed by atoms with Crippen LogP contribution in [-0.4, -0.2) is 22.9 Å². The molecule has 2 heterocycles. The lowest BCUT2D eigenvalue weighted by atomic mass is 10.1. The van der Waals surface area contributed by atoms with Crippen molar-refractivity contribution in [3.63, 3.8) is 0 Å². The number of para-hydroxylation sites is 1. The van der Waals surface area contributed by atoms with E-state index in [-0.39, 0.29) is 6.10 Å². The molecule has 1 aliphatic rings. The molecule has 1 aromatic heterocycles. The molecule has 1 fully saturated rings. The minimum Gasteiger partial charge on any atom is -0.398 e. The molecule has 1 saturated heterocycles. The van der Waals surface area contributed by atoms with Gasteiger partial charge in [-0.25, -0.2) is 0 Å². The number of nitrogens with zero attached hydrogens (tertiary/aromatic N) is 2. The molecule has 5 nitrogen and oxygen atoms in total. The maximum Gasteiger partial charge on any atom is 0.260 e. The highest BCUT2D eigenvalue weighted by molar-refractivity contribution is 5.69. The summed E-state index contributed by atoms with van der Waals surface area (Å²) in [5.41, 5.74) is 7.30. The van der Waals surface area contributed by atoms with Crippen molar-refractivity contribution in [2.24, 2.45) is 0 Å². The van der Waals surface area contributed by atoms with Crippen molar-refractivity contribution in [3.05, 3.63) is 30.1 Å². The van der Waals surface area contributed by atoms with Crippen molar-refractivity contribution in [2.45, 2.75) is 25.4 Å². The number of anilines is 1. The third kappa shape index (κ3) is 2.22. The van der Waals surface area contributed by atoms with Gasteiger partial charge in [0, 0.05) is 18.7 Å². The molecule has 2 N–H and O–H groups in total. The summed E-state index contributed by atoms with van der Waals surface area (Å²) in [4.78, 5) is 4.37. The number of benzene rings is 1. The fourth-order valence-corrected chi connectivity index (χ4v) is 2.15. The normalized spacial score (nSPS) is 19.2. The van der Waals surface area contributed by atoms with Crippen LogP contribution in [0.15, 0.2) is 28.8 Å². The second kappa shape index (κ2) is 4.78. The SMILES string of the molecule is Nc1ccccc1-c1nc(CC2CCCO2)no1. The van der Waals surface area contributed by atoms with Crippen LogP contribution >= 0.6 is 0 Å². The van der Waals surface area contributed by atoms with Crippen LogP contribution in [0, 0.1) is 0 Å². The molecule has 0 bridgehead atoms. The van der Waals surface area contributed by atoms with Gasteiger partial charge in [0.1, 0.15) is 0 Å². The van der Waals surface area contributed by atoms with Gasteiger partial charge < -0.3 is 15.0 Å². The Balaban J connectivity index is 1.79. The monoisotopic (exact) mass is 245 g/mol. The van der Waals surface area contributed by atoms with Gasteiger partial charge in [-0.2, -0.15) is 4.98 Å². The van der Waals surface area contributed by atoms with E-state index in [4.69, 9.17) is 15.0 Å². The lowest BCUT2D eigenvalue weighted by molar-refractivity contribution is 0.109. The molecule has 1 unspecified atom stereocenters. The number of aromatic nitrogens is 2. The summed E-state index contributed by atoms with van der Waals surface area (Å²) in [7, 11) is 0. The number of hydrogen-bond donors (Lipinski definition) is 1. The first-order valence-electron chi connectivity index (χ1n) is 6.12. The quantitative estimate of drug-likeness (QED) is 0.837. The molecule has 0 radical (unpaired) electrons. The van der Waals surface area contributed by atoms with Crippen molar-refractivity contribution >= 4 is 5.69 Å². The molecule has 1 aliphatic heterocycles. The zero-order valence-electron chi connectivity index (χ0n) is 10.0. The summed E-state index contributed by atoms with van der Waals surface area (Å²) in [6.45, 7) is 0.834. The first-order chi connectivity index (χ1) is 8.83. The van der Waals surface area contributed by atoms with Crippen molar-refractivity contribution < 1.29 is 9.26 Å². The lowest BCUT2D eigenvalue weighted by Gasteiger charge is -2.03. The van der Waals surface area contributed by atoms with E-state index < -0.39 is 0 Å². The summed E-state index contributed by atoms with van der Waals surface area (Å²) >= 11 is 0. The summed E-state index contributed by atoms with van der Waals surface area (Å²) in [5.74, 6) is 1.15. The molecule has 5 heteroatoms. The van der Waals surface area contributed by atoms with Gasteiger partial charge in [-0.15, -0.1) is 0 Å². The minimum absolute atomic E-state index is 0.226. The molecule has 94 valence electrons. The molecule has 3 rings (SSSR count). The maximum atomic E-state index is 5.87. The van der Waals surface area contributed by atoms with Crippen LogP contribution in [0.25, 0.3) is 11.5 Å². The van der Waals surface area contributed by atoms with Crippen LogP contribution < -0.4 is 5.73 Å². The van der Waals surface area contributed by atoms with Gasteiger partial charge in [0.05, 0.1) is 11.7 Å². The molecule has 1 aromatic carbocycles. The fraction of sp³-hybridized carbons (Fsp3) is 0.385. The number of hydrogen-bond acceptors (Lipinski definition) is 5. The van der Waals surface area contributed by atoms with Gasteiger partial charge in [-0.1, -0.05) is 17.3 Å². The third-order valence-corrected chi connectivity index (χ3v) is 3.09. The third-order valence-electron chi connectivity index (χ3n) is 3.09. The van der Waals surface area contributed by atoms with Crippen LogP contribution in [0.1, 0.15) is 18.7 Å². The Morgan fingerprint density at radius 1 is 1.33 bits per heavy atom. The average Bonchev–Trinajstić information content (AvgIpc) is 3.02. The van der Waals surface area contributed by atoms with E-state index in [9.17, 15) is 0 Å². The van der Waals surface area contributed by atoms with Gasteiger partial charge in [0.2, 0.25) is 0 Å². The summed E-state index contributed by atoms with van der Waals surface area (Å²) in [5, 5.41) is 3.98. The van der Waals surface area contributed by atoms with Crippen LogP contribution in [0.5, 0.6) is 0 Å². The molecule has 18 heavy (non-hydrogen) atoms. The predicted molar refractivity (Wildman–Crippen MR) is 66.8 cm³/mol. The molecular weight excluding hydrogens is 230 g/mol. The van der Waals surface area contributed by atoms with E-state index in [0.717, 1.165) is 25.0 Å². The second-order valence-corrected chi connectivity index (χ2v) is 4.44. The predicted octanol–water partition coefficient (Wildman–Crippen LogP) is 2.04. The Bertz CT molecular complexity index is 533. The van der Waals surface area contributed by atoms with Gasteiger partial charge >= 0.3 is 0 Å². The average molecular weight is 245 g/mol. The smallest absolute Gasteiger partial charge is 0.260 e. The Labute approximate surface area is 105 Å². The second-order valence-electron chi connectivity index (χ2n) is 4.44. The van der Waals surface area contributed by atoms with Crippen LogP contribution in [-0.2, 0) is 11.2 Å². The molecular formula is C13H15N3O2. The minimum atomic E-state index is 0.226. The van der Waals surface area contributed by atoms with E-state index in [0.29, 0.717) is 23.8 Å². The van der Waals surface area contributed by atoms with Crippen LogP contribution in [0.2, 0.25) is 0 Å². The molecule has 2 aromatic rings. The first kappa shape index (κ1) is 11.2. The van der Waals surface area contributed by atoms with E-state index in [1.807, 2.05) is 24.3 Å². The van der Waals surface area contributed by atoms with E-state index in [1.54, 1.807) is 0 Å². The topological polar surface area (TPSA) is 74.2 Å². The molecule has 0 saturated carbocycles. The van der Waals surface area contributed by atoms with E-state index in [2.05, 4.69) is 10.1 Å².